The van der Waals surface area contributed by atoms with E-state index in [1.807, 2.05) is 11.3 Å². The van der Waals surface area contributed by atoms with Gasteiger partial charge in [-0.1, -0.05) is 6.07 Å². The largest absolute Gasteiger partial charge is 0.378 e. The van der Waals surface area contributed by atoms with Crippen molar-refractivity contribution >= 4 is 22.7 Å². The minimum atomic E-state index is 0.487. The second-order valence-electron chi connectivity index (χ2n) is 5.23. The molecule has 1 fully saturated rings. The number of ether oxygens (including phenoxy) is 1. The molecule has 1 aliphatic rings. The molecule has 0 spiro atoms. The van der Waals surface area contributed by atoms with Gasteiger partial charge in [-0.2, -0.15) is 0 Å². The molecule has 0 aliphatic carbocycles. The first-order valence-electron chi connectivity index (χ1n) is 7.35. The Hall–Kier alpha value is -0.680. The standard InChI is InChI=1S/C16H21NOS2/c1-2-8-18-14(4-1)6-7-17-11-15-10-13(12-20-15)16-5-3-9-19-16/h3,5,9-10,12,14,17H,1-2,4,6-8,11H2. The van der Waals surface area contributed by atoms with Crippen molar-refractivity contribution in [3.05, 3.63) is 33.8 Å². The lowest BCUT2D eigenvalue weighted by Crippen LogP contribution is -2.24. The lowest BCUT2D eigenvalue weighted by molar-refractivity contribution is 0.0115. The van der Waals surface area contributed by atoms with Gasteiger partial charge in [-0.25, -0.2) is 0 Å². The first kappa shape index (κ1) is 14.3. The molecule has 3 heterocycles. The molecule has 0 radical (unpaired) electrons. The van der Waals surface area contributed by atoms with Gasteiger partial charge in [0.1, 0.15) is 0 Å². The van der Waals surface area contributed by atoms with Crippen molar-refractivity contribution in [1.29, 1.82) is 0 Å². The number of hydrogen-bond donors (Lipinski definition) is 1. The molecule has 1 saturated heterocycles. The van der Waals surface area contributed by atoms with Crippen LogP contribution in [0.3, 0.4) is 0 Å². The summed E-state index contributed by atoms with van der Waals surface area (Å²) in [5, 5.41) is 7.93. The van der Waals surface area contributed by atoms with E-state index in [9.17, 15) is 0 Å². The monoisotopic (exact) mass is 307 g/mol. The summed E-state index contributed by atoms with van der Waals surface area (Å²) in [6.45, 7) is 2.99. The third-order valence-corrected chi connectivity index (χ3v) is 5.53. The zero-order valence-electron chi connectivity index (χ0n) is 11.6. The fourth-order valence-electron chi connectivity index (χ4n) is 2.56. The summed E-state index contributed by atoms with van der Waals surface area (Å²) in [5.74, 6) is 0. The van der Waals surface area contributed by atoms with Gasteiger partial charge >= 0.3 is 0 Å². The molecule has 1 atom stereocenters. The molecule has 1 aliphatic heterocycles. The third-order valence-electron chi connectivity index (χ3n) is 3.68. The van der Waals surface area contributed by atoms with Crippen LogP contribution in [0.1, 0.15) is 30.6 Å². The number of thiophene rings is 2. The van der Waals surface area contributed by atoms with E-state index in [0.717, 1.165) is 26.1 Å². The zero-order chi connectivity index (χ0) is 13.6. The first-order valence-corrected chi connectivity index (χ1v) is 9.11. The predicted molar refractivity (Wildman–Crippen MR) is 87.5 cm³/mol. The molecule has 2 nitrogen and oxygen atoms in total. The van der Waals surface area contributed by atoms with Gasteiger partial charge in [0.2, 0.25) is 0 Å². The van der Waals surface area contributed by atoms with Crippen molar-refractivity contribution in [3.8, 4) is 10.4 Å². The molecule has 0 aromatic carbocycles. The van der Waals surface area contributed by atoms with Crippen LogP contribution in [0.25, 0.3) is 10.4 Å². The van der Waals surface area contributed by atoms with Crippen LogP contribution >= 0.6 is 22.7 Å². The fraction of sp³-hybridized carbons (Fsp3) is 0.500. The Labute approximate surface area is 128 Å². The van der Waals surface area contributed by atoms with Gasteiger partial charge in [0.05, 0.1) is 6.10 Å². The van der Waals surface area contributed by atoms with Crippen molar-refractivity contribution in [1.82, 2.24) is 5.32 Å². The average Bonchev–Trinajstić information content (AvgIpc) is 3.15. The molecule has 108 valence electrons. The van der Waals surface area contributed by atoms with E-state index in [0.29, 0.717) is 6.10 Å². The topological polar surface area (TPSA) is 21.3 Å². The molecular formula is C16H21NOS2. The molecule has 20 heavy (non-hydrogen) atoms. The van der Waals surface area contributed by atoms with E-state index in [1.165, 1.54) is 34.6 Å². The highest BCUT2D eigenvalue weighted by atomic mass is 32.1. The molecule has 0 amide bonds. The van der Waals surface area contributed by atoms with Crippen LogP contribution < -0.4 is 5.32 Å². The maximum Gasteiger partial charge on any atom is 0.0587 e. The summed E-state index contributed by atoms with van der Waals surface area (Å²) in [6.07, 6.45) is 5.44. The van der Waals surface area contributed by atoms with Crippen molar-refractivity contribution < 1.29 is 4.74 Å². The van der Waals surface area contributed by atoms with Crippen LogP contribution in [0.2, 0.25) is 0 Å². The molecule has 2 aromatic heterocycles. The Morgan fingerprint density at radius 2 is 2.30 bits per heavy atom. The van der Waals surface area contributed by atoms with E-state index < -0.39 is 0 Å². The molecular weight excluding hydrogens is 286 g/mol. The van der Waals surface area contributed by atoms with Crippen molar-refractivity contribution in [3.63, 3.8) is 0 Å². The Morgan fingerprint density at radius 3 is 3.10 bits per heavy atom. The molecule has 3 rings (SSSR count). The van der Waals surface area contributed by atoms with Crippen LogP contribution in [0.4, 0.5) is 0 Å². The summed E-state index contributed by atoms with van der Waals surface area (Å²) in [6, 6.07) is 6.60. The lowest BCUT2D eigenvalue weighted by Gasteiger charge is -2.22. The molecule has 4 heteroatoms. The lowest BCUT2D eigenvalue weighted by atomic mass is 10.1. The second kappa shape index (κ2) is 7.36. The van der Waals surface area contributed by atoms with Crippen molar-refractivity contribution in [2.45, 2.75) is 38.3 Å². The first-order chi connectivity index (χ1) is 9.92. The third kappa shape index (κ3) is 3.92. The quantitative estimate of drug-likeness (QED) is 0.792. The van der Waals surface area contributed by atoms with Gasteiger partial charge in [0, 0.05) is 28.5 Å². The Kier molecular flexibility index (Phi) is 5.25. The van der Waals surface area contributed by atoms with E-state index in [-0.39, 0.29) is 0 Å². The van der Waals surface area contributed by atoms with Crippen molar-refractivity contribution in [2.75, 3.05) is 13.2 Å². The molecule has 1 N–H and O–H groups in total. The average molecular weight is 307 g/mol. The van der Waals surface area contributed by atoms with Gasteiger partial charge in [-0.3, -0.25) is 0 Å². The minimum Gasteiger partial charge on any atom is -0.378 e. The molecule has 1 unspecified atom stereocenters. The maximum atomic E-state index is 5.75. The highest BCUT2D eigenvalue weighted by Crippen LogP contribution is 2.29. The number of nitrogens with one attached hydrogen (secondary N) is 1. The molecule has 2 aromatic rings. The van der Waals surface area contributed by atoms with Crippen LogP contribution in [-0.2, 0) is 11.3 Å². The SMILES string of the molecule is c1csc(-c2csc(CNCCC3CCCCO3)c2)c1. The van der Waals surface area contributed by atoms with Gasteiger partial charge in [-0.05, 0) is 55.1 Å². The van der Waals surface area contributed by atoms with E-state index in [1.54, 1.807) is 11.3 Å². The predicted octanol–water partition coefficient (Wildman–Crippen LogP) is 4.53. The Morgan fingerprint density at radius 1 is 1.30 bits per heavy atom. The second-order valence-corrected chi connectivity index (χ2v) is 7.18. The van der Waals surface area contributed by atoms with Crippen LogP contribution in [0.15, 0.2) is 29.0 Å². The van der Waals surface area contributed by atoms with E-state index in [4.69, 9.17) is 4.74 Å². The summed E-state index contributed by atoms with van der Waals surface area (Å²) in [7, 11) is 0. The van der Waals surface area contributed by atoms with Gasteiger partial charge in [0.15, 0.2) is 0 Å². The van der Waals surface area contributed by atoms with Gasteiger partial charge in [0.25, 0.3) is 0 Å². The summed E-state index contributed by atoms with van der Waals surface area (Å²) < 4.78 is 5.75. The highest BCUT2D eigenvalue weighted by molar-refractivity contribution is 7.14. The van der Waals surface area contributed by atoms with E-state index >= 15 is 0 Å². The molecule has 0 bridgehead atoms. The maximum absolute atomic E-state index is 5.75. The van der Waals surface area contributed by atoms with Crippen LogP contribution in [0, 0.1) is 0 Å². The summed E-state index contributed by atoms with van der Waals surface area (Å²) >= 11 is 3.65. The van der Waals surface area contributed by atoms with Crippen LogP contribution in [-0.4, -0.2) is 19.3 Å². The summed E-state index contributed by atoms with van der Waals surface area (Å²) in [4.78, 5) is 2.78. The number of hydrogen-bond acceptors (Lipinski definition) is 4. The highest BCUT2D eigenvalue weighted by Gasteiger charge is 2.12. The minimum absolute atomic E-state index is 0.487. The summed E-state index contributed by atoms with van der Waals surface area (Å²) in [5.41, 5.74) is 1.36. The van der Waals surface area contributed by atoms with Crippen molar-refractivity contribution in [2.24, 2.45) is 0 Å². The Balaban J connectivity index is 1.40. The van der Waals surface area contributed by atoms with Gasteiger partial charge in [-0.15, -0.1) is 22.7 Å². The normalized spacial score (nSPS) is 19.3. The number of rotatable bonds is 6. The molecule has 0 saturated carbocycles. The fourth-order valence-corrected chi connectivity index (χ4v) is 4.20. The van der Waals surface area contributed by atoms with E-state index in [2.05, 4.69) is 34.3 Å². The van der Waals surface area contributed by atoms with Gasteiger partial charge < -0.3 is 10.1 Å². The van der Waals surface area contributed by atoms with Crippen LogP contribution in [0.5, 0.6) is 0 Å². The smallest absolute Gasteiger partial charge is 0.0587 e. The zero-order valence-corrected chi connectivity index (χ0v) is 13.3. The Bertz CT molecular complexity index is 500.